The molecule has 0 saturated heterocycles. The van der Waals surface area contributed by atoms with E-state index in [0.29, 0.717) is 0 Å². The average Bonchev–Trinajstić information content (AvgIpc) is 3.03. The molecule has 1 nitrogen and oxygen atoms in total. The Bertz CT molecular complexity index is 1230. The molecular weight excluding hydrogens is 314 g/mol. The first-order chi connectivity index (χ1) is 12.8. The summed E-state index contributed by atoms with van der Waals surface area (Å²) in [5.41, 5.74) is 7.51. The predicted molar refractivity (Wildman–Crippen MR) is 111 cm³/mol. The first-order valence-corrected chi connectivity index (χ1v) is 8.97. The van der Waals surface area contributed by atoms with E-state index in [1.807, 2.05) is 0 Å². The van der Waals surface area contributed by atoms with Crippen LogP contribution in [0, 0.1) is 6.92 Å². The van der Waals surface area contributed by atoms with Crippen molar-refractivity contribution in [3.8, 4) is 16.8 Å². The molecule has 0 unspecified atom stereocenters. The largest absolute Gasteiger partial charge is 0.309 e. The Balaban J connectivity index is 1.90. The van der Waals surface area contributed by atoms with E-state index in [-0.39, 0.29) is 0 Å². The van der Waals surface area contributed by atoms with Crippen LogP contribution in [0.15, 0.2) is 97.1 Å². The number of hydrogen-bond acceptors (Lipinski definition) is 0. The van der Waals surface area contributed by atoms with Crippen molar-refractivity contribution in [2.75, 3.05) is 0 Å². The van der Waals surface area contributed by atoms with Gasteiger partial charge in [-0.15, -0.1) is 0 Å². The maximum Gasteiger partial charge on any atom is 0.0547 e. The molecule has 0 fully saturated rings. The summed E-state index contributed by atoms with van der Waals surface area (Å²) in [5, 5.41) is 2.59. The van der Waals surface area contributed by atoms with E-state index < -0.39 is 0 Å². The Morgan fingerprint density at radius 3 is 2.08 bits per heavy atom. The third-order valence-corrected chi connectivity index (χ3v) is 5.14. The topological polar surface area (TPSA) is 4.93 Å². The molecule has 1 heterocycles. The summed E-state index contributed by atoms with van der Waals surface area (Å²) in [6.45, 7) is 2.18. The van der Waals surface area contributed by atoms with Crippen molar-refractivity contribution >= 4 is 21.8 Å². The van der Waals surface area contributed by atoms with Crippen LogP contribution in [0.3, 0.4) is 0 Å². The Hall–Kier alpha value is -3.32. The molecule has 0 radical (unpaired) electrons. The Morgan fingerprint density at radius 2 is 1.23 bits per heavy atom. The molecule has 0 aliphatic carbocycles. The fraction of sp³-hybridized carbons (Fsp3) is 0.0400. The number of benzene rings is 4. The minimum Gasteiger partial charge on any atom is -0.309 e. The van der Waals surface area contributed by atoms with Gasteiger partial charge in [-0.25, -0.2) is 0 Å². The van der Waals surface area contributed by atoms with E-state index in [2.05, 4.69) is 109 Å². The van der Waals surface area contributed by atoms with Crippen molar-refractivity contribution in [3.05, 3.63) is 103 Å². The number of hydrogen-bond donors (Lipinski definition) is 0. The summed E-state index contributed by atoms with van der Waals surface area (Å²) in [7, 11) is 0. The fourth-order valence-electron chi connectivity index (χ4n) is 3.85. The monoisotopic (exact) mass is 333 g/mol. The van der Waals surface area contributed by atoms with Gasteiger partial charge in [0.05, 0.1) is 11.0 Å². The maximum atomic E-state index is 2.40. The zero-order chi connectivity index (χ0) is 17.5. The van der Waals surface area contributed by atoms with Crippen LogP contribution < -0.4 is 0 Å². The lowest BCUT2D eigenvalue weighted by molar-refractivity contribution is 1.15. The van der Waals surface area contributed by atoms with Gasteiger partial charge >= 0.3 is 0 Å². The van der Waals surface area contributed by atoms with Crippen LogP contribution >= 0.6 is 0 Å². The smallest absolute Gasteiger partial charge is 0.0547 e. The van der Waals surface area contributed by atoms with Crippen LogP contribution in [0.1, 0.15) is 5.56 Å². The first kappa shape index (κ1) is 15.0. The van der Waals surface area contributed by atoms with Gasteiger partial charge in [0.1, 0.15) is 0 Å². The lowest BCUT2D eigenvalue weighted by atomic mass is 10.0. The number of fused-ring (bicyclic) bond motifs is 3. The van der Waals surface area contributed by atoms with Gasteiger partial charge in [-0.05, 0) is 41.8 Å². The summed E-state index contributed by atoms with van der Waals surface area (Å²) in [6, 6.07) is 34.7. The van der Waals surface area contributed by atoms with Crippen molar-refractivity contribution in [3.63, 3.8) is 0 Å². The van der Waals surface area contributed by atoms with E-state index >= 15 is 0 Å². The Morgan fingerprint density at radius 1 is 0.538 bits per heavy atom. The number of aromatic nitrogens is 1. The van der Waals surface area contributed by atoms with E-state index in [1.165, 1.54) is 44.2 Å². The molecule has 4 aromatic carbocycles. The molecule has 0 N–H and O–H groups in total. The van der Waals surface area contributed by atoms with Crippen LogP contribution in [0.5, 0.6) is 0 Å². The van der Waals surface area contributed by atoms with Crippen LogP contribution in [0.4, 0.5) is 0 Å². The molecule has 0 atom stereocenters. The molecule has 0 bridgehead atoms. The van der Waals surface area contributed by atoms with Gasteiger partial charge in [-0.2, -0.15) is 0 Å². The second-order valence-electron chi connectivity index (χ2n) is 6.74. The van der Waals surface area contributed by atoms with Crippen LogP contribution in [0.25, 0.3) is 38.6 Å². The molecule has 5 aromatic rings. The third kappa shape index (κ3) is 2.25. The number of para-hydroxylation sites is 2. The van der Waals surface area contributed by atoms with E-state index in [9.17, 15) is 0 Å². The van der Waals surface area contributed by atoms with Gasteiger partial charge in [-0.1, -0.05) is 78.9 Å². The summed E-state index contributed by atoms with van der Waals surface area (Å²) < 4.78 is 2.40. The van der Waals surface area contributed by atoms with Gasteiger partial charge in [-0.3, -0.25) is 0 Å². The molecule has 5 rings (SSSR count). The van der Waals surface area contributed by atoms with Crippen molar-refractivity contribution in [1.82, 2.24) is 4.57 Å². The minimum atomic E-state index is 1.24. The summed E-state index contributed by atoms with van der Waals surface area (Å²) in [4.78, 5) is 0. The zero-order valence-electron chi connectivity index (χ0n) is 14.7. The minimum absolute atomic E-state index is 1.24. The normalized spacial score (nSPS) is 11.3. The van der Waals surface area contributed by atoms with E-state index in [1.54, 1.807) is 0 Å². The summed E-state index contributed by atoms with van der Waals surface area (Å²) in [6.07, 6.45) is 0. The molecule has 0 spiro atoms. The summed E-state index contributed by atoms with van der Waals surface area (Å²) in [5.74, 6) is 0. The molecule has 0 saturated carbocycles. The van der Waals surface area contributed by atoms with Crippen molar-refractivity contribution in [2.24, 2.45) is 0 Å². The molecule has 124 valence electrons. The quantitative estimate of drug-likeness (QED) is 0.336. The molecule has 0 amide bonds. The highest BCUT2D eigenvalue weighted by molar-refractivity contribution is 6.10. The summed E-state index contributed by atoms with van der Waals surface area (Å²) >= 11 is 0. The molecule has 0 aliphatic heterocycles. The maximum absolute atomic E-state index is 2.40. The van der Waals surface area contributed by atoms with Gasteiger partial charge in [0.15, 0.2) is 0 Å². The zero-order valence-corrected chi connectivity index (χ0v) is 14.7. The van der Waals surface area contributed by atoms with Crippen LogP contribution in [-0.4, -0.2) is 4.57 Å². The molecule has 26 heavy (non-hydrogen) atoms. The SMILES string of the molecule is Cc1ccccc1-n1c2ccccc2c2ccc(-c3ccccc3)cc21. The second-order valence-corrected chi connectivity index (χ2v) is 6.74. The predicted octanol–water partition coefficient (Wildman–Crippen LogP) is 6.76. The van der Waals surface area contributed by atoms with Gasteiger partial charge < -0.3 is 4.57 Å². The van der Waals surface area contributed by atoms with Crippen LogP contribution in [0.2, 0.25) is 0 Å². The van der Waals surface area contributed by atoms with Gasteiger partial charge in [0.2, 0.25) is 0 Å². The van der Waals surface area contributed by atoms with Crippen LogP contribution in [-0.2, 0) is 0 Å². The van der Waals surface area contributed by atoms with Gasteiger partial charge in [0.25, 0.3) is 0 Å². The average molecular weight is 333 g/mol. The fourth-order valence-corrected chi connectivity index (χ4v) is 3.85. The number of nitrogens with zero attached hydrogens (tertiary/aromatic N) is 1. The van der Waals surface area contributed by atoms with E-state index in [4.69, 9.17) is 0 Å². The Labute approximate surface area is 153 Å². The van der Waals surface area contributed by atoms with E-state index in [0.717, 1.165) is 0 Å². The first-order valence-electron chi connectivity index (χ1n) is 8.97. The molecular formula is C25H19N. The van der Waals surface area contributed by atoms with Crippen molar-refractivity contribution in [1.29, 1.82) is 0 Å². The lowest BCUT2D eigenvalue weighted by Crippen LogP contribution is -1.96. The third-order valence-electron chi connectivity index (χ3n) is 5.14. The van der Waals surface area contributed by atoms with Gasteiger partial charge in [0, 0.05) is 16.5 Å². The molecule has 1 aromatic heterocycles. The number of aryl methyl sites for hydroxylation is 1. The highest BCUT2D eigenvalue weighted by atomic mass is 15.0. The second kappa shape index (κ2) is 5.89. The lowest BCUT2D eigenvalue weighted by Gasteiger charge is -2.11. The van der Waals surface area contributed by atoms with Crippen molar-refractivity contribution in [2.45, 2.75) is 6.92 Å². The number of rotatable bonds is 2. The standard InChI is InChI=1S/C25H19N/c1-18-9-5-7-13-23(18)26-24-14-8-6-12-21(24)22-16-15-20(17-25(22)26)19-10-3-2-4-11-19/h2-17H,1H3. The Kier molecular flexibility index (Phi) is 3.39. The molecule has 1 heteroatoms. The molecule has 0 aliphatic rings. The van der Waals surface area contributed by atoms with Crippen molar-refractivity contribution < 1.29 is 0 Å². The highest BCUT2D eigenvalue weighted by Crippen LogP contribution is 2.35. The highest BCUT2D eigenvalue weighted by Gasteiger charge is 2.13.